The monoisotopic (exact) mass is 286 g/mol. The number of nitrogens with zero attached hydrogens (tertiary/aromatic N) is 1. The molecule has 21 heavy (non-hydrogen) atoms. The van der Waals surface area contributed by atoms with E-state index in [9.17, 15) is 5.11 Å². The lowest BCUT2D eigenvalue weighted by Gasteiger charge is -2.12. The second-order valence-corrected chi connectivity index (χ2v) is 4.90. The number of aliphatic hydroxyl groups excluding tert-OH is 1. The van der Waals surface area contributed by atoms with E-state index < -0.39 is 6.10 Å². The van der Waals surface area contributed by atoms with E-state index >= 15 is 0 Å². The molecule has 2 N–H and O–H groups in total. The van der Waals surface area contributed by atoms with Crippen molar-refractivity contribution in [1.82, 2.24) is 10.3 Å². The first-order chi connectivity index (χ1) is 10.3. The number of aliphatic hydroxyl groups is 1. The minimum Gasteiger partial charge on any atom is -0.489 e. The van der Waals surface area contributed by atoms with Crippen molar-refractivity contribution >= 4 is 0 Å². The molecule has 2 aromatic rings. The smallest absolute Gasteiger partial charge is 0.137 e. The van der Waals surface area contributed by atoms with Crippen LogP contribution in [-0.4, -0.2) is 23.2 Å². The lowest BCUT2D eigenvalue weighted by molar-refractivity contribution is 0.108. The van der Waals surface area contributed by atoms with E-state index in [0.29, 0.717) is 5.75 Å². The highest BCUT2D eigenvalue weighted by Crippen LogP contribution is 2.15. The van der Waals surface area contributed by atoms with Crippen molar-refractivity contribution in [2.75, 3.05) is 13.2 Å². The normalized spacial score (nSPS) is 12.1. The van der Waals surface area contributed by atoms with Gasteiger partial charge in [-0.3, -0.25) is 4.98 Å². The molecule has 0 saturated heterocycles. The van der Waals surface area contributed by atoms with Gasteiger partial charge >= 0.3 is 0 Å². The summed E-state index contributed by atoms with van der Waals surface area (Å²) in [7, 11) is 0. The fraction of sp³-hybridized carbons (Fsp3) is 0.353. The lowest BCUT2D eigenvalue weighted by atomic mass is 10.1. The fourth-order valence-corrected chi connectivity index (χ4v) is 1.94. The molecule has 1 aromatic carbocycles. The SMILES string of the molecule is CCCNCc1ccc(OCC(O)c2ccccc2)cn1. The van der Waals surface area contributed by atoms with Gasteiger partial charge in [-0.1, -0.05) is 37.3 Å². The summed E-state index contributed by atoms with van der Waals surface area (Å²) >= 11 is 0. The molecule has 0 amide bonds. The lowest BCUT2D eigenvalue weighted by Crippen LogP contribution is -2.14. The summed E-state index contributed by atoms with van der Waals surface area (Å²) in [5.74, 6) is 0.671. The van der Waals surface area contributed by atoms with Crippen LogP contribution in [0.1, 0.15) is 30.7 Å². The number of benzene rings is 1. The number of aromatic nitrogens is 1. The Hall–Kier alpha value is -1.91. The van der Waals surface area contributed by atoms with Crippen LogP contribution in [0.4, 0.5) is 0 Å². The number of hydrogen-bond acceptors (Lipinski definition) is 4. The minimum absolute atomic E-state index is 0.221. The molecular weight excluding hydrogens is 264 g/mol. The first-order valence-corrected chi connectivity index (χ1v) is 7.31. The van der Waals surface area contributed by atoms with Crippen LogP contribution in [0.3, 0.4) is 0 Å². The van der Waals surface area contributed by atoms with Crippen LogP contribution in [0.15, 0.2) is 48.7 Å². The van der Waals surface area contributed by atoms with E-state index in [-0.39, 0.29) is 6.61 Å². The van der Waals surface area contributed by atoms with Crippen molar-refractivity contribution in [3.8, 4) is 5.75 Å². The maximum atomic E-state index is 10.0. The van der Waals surface area contributed by atoms with Gasteiger partial charge in [0.25, 0.3) is 0 Å². The largest absolute Gasteiger partial charge is 0.489 e. The van der Waals surface area contributed by atoms with E-state index in [1.807, 2.05) is 42.5 Å². The van der Waals surface area contributed by atoms with Crippen molar-refractivity contribution in [2.24, 2.45) is 0 Å². The Morgan fingerprint density at radius 1 is 1.19 bits per heavy atom. The van der Waals surface area contributed by atoms with Crippen LogP contribution in [0, 0.1) is 0 Å². The van der Waals surface area contributed by atoms with Gasteiger partial charge in [-0.15, -0.1) is 0 Å². The van der Waals surface area contributed by atoms with E-state index in [1.165, 1.54) is 0 Å². The maximum Gasteiger partial charge on any atom is 0.137 e. The van der Waals surface area contributed by atoms with Crippen molar-refractivity contribution in [3.05, 3.63) is 59.9 Å². The third kappa shape index (κ3) is 5.17. The van der Waals surface area contributed by atoms with Crippen molar-refractivity contribution in [1.29, 1.82) is 0 Å². The van der Waals surface area contributed by atoms with Crippen LogP contribution in [-0.2, 0) is 6.54 Å². The minimum atomic E-state index is -0.628. The van der Waals surface area contributed by atoms with E-state index in [2.05, 4.69) is 17.2 Å². The van der Waals surface area contributed by atoms with Crippen LogP contribution < -0.4 is 10.1 Å². The first kappa shape index (κ1) is 15.5. The summed E-state index contributed by atoms with van der Waals surface area (Å²) in [5.41, 5.74) is 1.84. The molecule has 112 valence electrons. The Morgan fingerprint density at radius 3 is 2.67 bits per heavy atom. The average Bonchev–Trinajstić information content (AvgIpc) is 2.55. The Kier molecular flexibility index (Phi) is 6.19. The van der Waals surface area contributed by atoms with Crippen LogP contribution in [0.2, 0.25) is 0 Å². The summed E-state index contributed by atoms with van der Waals surface area (Å²) in [6.07, 6.45) is 2.18. The standard InChI is InChI=1S/C17H22N2O2/c1-2-10-18-11-15-8-9-16(12-19-15)21-13-17(20)14-6-4-3-5-7-14/h3-9,12,17-18,20H,2,10-11,13H2,1H3. The molecule has 1 heterocycles. The molecule has 0 saturated carbocycles. The third-order valence-electron chi connectivity index (χ3n) is 3.12. The van der Waals surface area contributed by atoms with Gasteiger partial charge in [-0.25, -0.2) is 0 Å². The Labute approximate surface area is 125 Å². The van der Waals surface area contributed by atoms with E-state index in [1.54, 1.807) is 6.20 Å². The van der Waals surface area contributed by atoms with E-state index in [0.717, 1.165) is 30.8 Å². The first-order valence-electron chi connectivity index (χ1n) is 7.31. The summed E-state index contributed by atoms with van der Waals surface area (Å²) in [6, 6.07) is 13.3. The van der Waals surface area contributed by atoms with E-state index in [4.69, 9.17) is 4.74 Å². The second-order valence-electron chi connectivity index (χ2n) is 4.90. The van der Waals surface area contributed by atoms with Crippen LogP contribution >= 0.6 is 0 Å². The molecule has 0 aliphatic carbocycles. The zero-order valence-corrected chi connectivity index (χ0v) is 12.3. The molecular formula is C17H22N2O2. The topological polar surface area (TPSA) is 54.4 Å². The molecule has 0 fully saturated rings. The molecule has 0 aliphatic heterocycles. The molecule has 0 bridgehead atoms. The molecule has 1 atom stereocenters. The quantitative estimate of drug-likeness (QED) is 0.733. The molecule has 2 rings (SSSR count). The Balaban J connectivity index is 1.80. The highest BCUT2D eigenvalue weighted by atomic mass is 16.5. The maximum absolute atomic E-state index is 10.0. The molecule has 0 radical (unpaired) electrons. The molecule has 1 unspecified atom stereocenters. The zero-order chi connectivity index (χ0) is 14.9. The van der Waals surface area contributed by atoms with Gasteiger partial charge in [0.2, 0.25) is 0 Å². The summed E-state index contributed by atoms with van der Waals surface area (Å²) < 4.78 is 5.57. The van der Waals surface area contributed by atoms with Gasteiger partial charge in [0, 0.05) is 6.54 Å². The second kappa shape index (κ2) is 8.39. The van der Waals surface area contributed by atoms with Gasteiger partial charge in [0.15, 0.2) is 0 Å². The number of hydrogen-bond donors (Lipinski definition) is 2. The van der Waals surface area contributed by atoms with Gasteiger partial charge in [0.1, 0.15) is 18.5 Å². The van der Waals surface area contributed by atoms with Crippen LogP contribution in [0.25, 0.3) is 0 Å². The fourth-order valence-electron chi connectivity index (χ4n) is 1.94. The predicted octanol–water partition coefficient (Wildman–Crippen LogP) is 2.69. The molecule has 4 nitrogen and oxygen atoms in total. The van der Waals surface area contributed by atoms with Crippen molar-refractivity contribution in [3.63, 3.8) is 0 Å². The number of pyridine rings is 1. The molecule has 0 spiro atoms. The summed E-state index contributed by atoms with van der Waals surface area (Å²) in [6.45, 7) is 4.11. The summed E-state index contributed by atoms with van der Waals surface area (Å²) in [4.78, 5) is 4.33. The number of rotatable bonds is 8. The van der Waals surface area contributed by atoms with Crippen molar-refractivity contribution in [2.45, 2.75) is 26.0 Å². The zero-order valence-electron chi connectivity index (χ0n) is 12.3. The highest BCUT2D eigenvalue weighted by Gasteiger charge is 2.07. The Bertz CT molecular complexity index is 514. The van der Waals surface area contributed by atoms with Gasteiger partial charge in [-0.2, -0.15) is 0 Å². The number of nitrogens with one attached hydrogen (secondary N) is 1. The number of ether oxygens (including phenoxy) is 1. The van der Waals surface area contributed by atoms with Crippen LogP contribution in [0.5, 0.6) is 5.75 Å². The van der Waals surface area contributed by atoms with Crippen molar-refractivity contribution < 1.29 is 9.84 Å². The average molecular weight is 286 g/mol. The highest BCUT2D eigenvalue weighted by molar-refractivity contribution is 5.21. The molecule has 0 aliphatic rings. The Morgan fingerprint density at radius 2 is 2.00 bits per heavy atom. The third-order valence-corrected chi connectivity index (χ3v) is 3.12. The van der Waals surface area contributed by atoms with Gasteiger partial charge < -0.3 is 15.2 Å². The van der Waals surface area contributed by atoms with Gasteiger partial charge in [-0.05, 0) is 30.7 Å². The summed E-state index contributed by atoms with van der Waals surface area (Å²) in [5, 5.41) is 13.3. The molecule has 1 aromatic heterocycles. The predicted molar refractivity (Wildman–Crippen MR) is 83.1 cm³/mol. The molecule has 4 heteroatoms. The van der Waals surface area contributed by atoms with Gasteiger partial charge in [0.05, 0.1) is 11.9 Å².